The molecule has 8 heteroatoms. The Hall–Kier alpha value is -2.09. The highest BCUT2D eigenvalue weighted by atomic mass is 31.2. The maximum atomic E-state index is 6.26. The Morgan fingerprint density at radius 3 is 1.95 bits per heavy atom. The lowest BCUT2D eigenvalue weighted by molar-refractivity contribution is 0.393. The van der Waals surface area contributed by atoms with E-state index in [-0.39, 0.29) is 0 Å². The third-order valence-corrected chi connectivity index (χ3v) is 10.1. The number of hydrogen-bond acceptors (Lipinski definition) is 5. The second kappa shape index (κ2) is 18.4. The average Bonchev–Trinajstić information content (AvgIpc) is 3.00. The van der Waals surface area contributed by atoms with Crippen LogP contribution in [0.4, 0.5) is 0 Å². The van der Waals surface area contributed by atoms with Gasteiger partial charge in [0.2, 0.25) is 8.38 Å². The quantitative estimate of drug-likeness (QED) is 0.108. The molecule has 0 aliphatic carbocycles. The Balaban J connectivity index is 1.53. The summed E-state index contributed by atoms with van der Waals surface area (Å²) < 4.78 is 29.0. The number of rotatable bonds is 18. The van der Waals surface area contributed by atoms with Crippen LogP contribution in [-0.2, 0) is 32.8 Å². The zero-order valence-corrected chi connectivity index (χ0v) is 26.8. The Morgan fingerprint density at radius 1 is 0.775 bits per heavy atom. The fraction of sp³-hybridized carbons (Fsp3) is 0.312. The zero-order valence-electron chi connectivity index (χ0n) is 24.0. The van der Waals surface area contributed by atoms with Crippen LogP contribution in [0, 0.1) is 0 Å². The van der Waals surface area contributed by atoms with Crippen molar-refractivity contribution in [3.05, 3.63) is 113 Å². The van der Waals surface area contributed by atoms with Crippen molar-refractivity contribution < 1.29 is 22.6 Å². The summed E-state index contributed by atoms with van der Waals surface area (Å²) in [5.74, 6) is 1.52. The van der Waals surface area contributed by atoms with Gasteiger partial charge in [-0.1, -0.05) is 74.2 Å². The van der Waals surface area contributed by atoms with Crippen molar-refractivity contribution in [2.24, 2.45) is 0 Å². The minimum atomic E-state index is -1.19. The van der Waals surface area contributed by atoms with Gasteiger partial charge in [0.15, 0.2) is 0 Å². The zero-order chi connectivity index (χ0) is 28.6. The first-order chi connectivity index (χ1) is 19.6. The predicted molar refractivity (Wildman–Crippen MR) is 173 cm³/mol. The molecular formula is C32H41O5P3. The molecular weight excluding hydrogens is 557 g/mol. The molecule has 0 saturated carbocycles. The predicted octanol–water partition coefficient (Wildman–Crippen LogP) is 9.57. The Morgan fingerprint density at radius 2 is 1.38 bits per heavy atom. The summed E-state index contributed by atoms with van der Waals surface area (Å²) in [6.07, 6.45) is 9.63. The summed E-state index contributed by atoms with van der Waals surface area (Å²) in [6, 6.07) is 25.0. The van der Waals surface area contributed by atoms with Crippen molar-refractivity contribution in [2.75, 3.05) is 33.7 Å². The highest BCUT2D eigenvalue weighted by Gasteiger charge is 2.17. The van der Waals surface area contributed by atoms with E-state index in [1.54, 1.807) is 21.3 Å². The first-order valence-electron chi connectivity index (χ1n) is 13.4. The first-order valence-corrected chi connectivity index (χ1v) is 17.1. The molecule has 0 aliphatic heterocycles. The molecule has 5 nitrogen and oxygen atoms in total. The lowest BCUT2D eigenvalue weighted by Crippen LogP contribution is -1.99. The number of aryl methyl sites for hydroxylation is 2. The fourth-order valence-corrected chi connectivity index (χ4v) is 6.90. The van der Waals surface area contributed by atoms with Gasteiger partial charge >= 0.3 is 0 Å². The van der Waals surface area contributed by atoms with E-state index in [9.17, 15) is 0 Å². The molecule has 40 heavy (non-hydrogen) atoms. The van der Waals surface area contributed by atoms with Gasteiger partial charge in [0, 0.05) is 41.6 Å². The molecule has 0 spiro atoms. The number of benzene rings is 3. The van der Waals surface area contributed by atoms with Gasteiger partial charge in [-0.3, -0.25) is 0 Å². The summed E-state index contributed by atoms with van der Waals surface area (Å²) in [6.45, 7) is 5.95. The molecule has 0 radical (unpaired) electrons. The maximum absolute atomic E-state index is 6.26. The highest BCUT2D eigenvalue weighted by Crippen LogP contribution is 2.48. The van der Waals surface area contributed by atoms with Crippen LogP contribution in [0.5, 0.6) is 11.5 Å². The van der Waals surface area contributed by atoms with Crippen molar-refractivity contribution in [1.29, 1.82) is 0 Å². The average molecular weight is 599 g/mol. The van der Waals surface area contributed by atoms with Gasteiger partial charge in [-0.2, -0.15) is 0 Å². The molecule has 0 aromatic heterocycles. The van der Waals surface area contributed by atoms with E-state index in [2.05, 4.69) is 68.1 Å². The molecule has 3 aromatic carbocycles. The van der Waals surface area contributed by atoms with E-state index < -0.39 is 16.8 Å². The Bertz CT molecular complexity index is 1160. The van der Waals surface area contributed by atoms with Gasteiger partial charge in [0.25, 0.3) is 8.38 Å². The summed E-state index contributed by atoms with van der Waals surface area (Å²) in [7, 11) is 3.49. The molecule has 3 aromatic rings. The van der Waals surface area contributed by atoms with Crippen molar-refractivity contribution in [1.82, 2.24) is 0 Å². The molecule has 3 atom stereocenters. The van der Waals surface area contributed by atoms with Crippen LogP contribution in [0.2, 0.25) is 0 Å². The second-order valence-electron chi connectivity index (χ2n) is 8.95. The van der Waals surface area contributed by atoms with E-state index in [0.717, 1.165) is 55.1 Å². The van der Waals surface area contributed by atoms with E-state index >= 15 is 0 Å². The molecule has 0 amide bonds. The summed E-state index contributed by atoms with van der Waals surface area (Å²) in [5.41, 5.74) is 5.00. The largest absolute Gasteiger partial charge is 0.447 e. The molecule has 3 unspecified atom stereocenters. The molecule has 214 valence electrons. The van der Waals surface area contributed by atoms with E-state index in [1.807, 2.05) is 30.3 Å². The lowest BCUT2D eigenvalue weighted by Gasteiger charge is -2.19. The highest BCUT2D eigenvalue weighted by molar-refractivity contribution is 7.52. The third-order valence-electron chi connectivity index (χ3n) is 6.24. The van der Waals surface area contributed by atoms with Crippen LogP contribution in [0.1, 0.15) is 35.6 Å². The Labute approximate surface area is 244 Å². The van der Waals surface area contributed by atoms with Gasteiger partial charge < -0.3 is 22.6 Å². The Kier molecular flexibility index (Phi) is 14.9. The van der Waals surface area contributed by atoms with Gasteiger partial charge in [-0.05, 0) is 78.4 Å². The monoisotopic (exact) mass is 598 g/mol. The van der Waals surface area contributed by atoms with Gasteiger partial charge in [0.05, 0.1) is 0 Å². The van der Waals surface area contributed by atoms with E-state index in [0.29, 0.717) is 8.81 Å². The van der Waals surface area contributed by atoms with Gasteiger partial charge in [-0.25, -0.2) is 0 Å². The number of hydrogen-bond donors (Lipinski definition) is 0. The molecule has 0 heterocycles. The molecule has 0 saturated heterocycles. The minimum absolute atomic E-state index is 0.562. The topological polar surface area (TPSA) is 46.2 Å². The van der Waals surface area contributed by atoms with E-state index in [1.165, 1.54) is 22.0 Å². The lowest BCUT2D eigenvalue weighted by atomic mass is 10.1. The van der Waals surface area contributed by atoms with E-state index in [4.69, 9.17) is 22.6 Å². The smallest absolute Gasteiger partial charge is 0.260 e. The third kappa shape index (κ3) is 11.1. The molecule has 0 aliphatic rings. The SMILES string of the molecule is C=Cc1ccc(CCP(OC)Oc2ccc(OP(OC)C(=CCc3ccc(CCPOC)cc3)CC)cc2)cc1. The minimum Gasteiger partial charge on any atom is -0.447 e. The number of allylic oxidation sites excluding steroid dienone is 2. The summed E-state index contributed by atoms with van der Waals surface area (Å²) in [5, 5.41) is 1.17. The molecule has 0 bridgehead atoms. The molecule has 0 N–H and O–H groups in total. The van der Waals surface area contributed by atoms with Gasteiger partial charge in [-0.15, -0.1) is 0 Å². The second-order valence-corrected chi connectivity index (χ2v) is 13.4. The first kappa shape index (κ1) is 32.4. The standard InChI is InChI=1S/C32H41O5P3/c1-6-26-8-10-29(11-9-26)23-25-39(34-4)36-30-17-19-31(20-18-30)37-40(35-5)32(7-2)21-16-27-12-14-28(15-13-27)22-24-38-33-3/h6,8-15,17-21,38H,1,7,16,22-25H2,2-5H3. The van der Waals surface area contributed by atoms with Crippen LogP contribution in [0.25, 0.3) is 6.08 Å². The fourth-order valence-electron chi connectivity index (χ4n) is 3.93. The van der Waals surface area contributed by atoms with Crippen LogP contribution >= 0.6 is 25.6 Å². The van der Waals surface area contributed by atoms with Crippen molar-refractivity contribution in [3.63, 3.8) is 0 Å². The van der Waals surface area contributed by atoms with Crippen LogP contribution in [-0.4, -0.2) is 33.7 Å². The molecule has 3 rings (SSSR count). The van der Waals surface area contributed by atoms with Crippen LogP contribution in [0.15, 0.2) is 90.8 Å². The van der Waals surface area contributed by atoms with Crippen molar-refractivity contribution >= 4 is 31.6 Å². The molecule has 0 fully saturated rings. The normalized spacial score (nSPS) is 13.3. The summed E-state index contributed by atoms with van der Waals surface area (Å²) >= 11 is 0. The maximum Gasteiger partial charge on any atom is 0.260 e. The summed E-state index contributed by atoms with van der Waals surface area (Å²) in [4.78, 5) is 0. The van der Waals surface area contributed by atoms with Crippen molar-refractivity contribution in [3.8, 4) is 11.5 Å². The van der Waals surface area contributed by atoms with Crippen LogP contribution < -0.4 is 9.05 Å². The van der Waals surface area contributed by atoms with Crippen molar-refractivity contribution in [2.45, 2.75) is 32.6 Å². The van der Waals surface area contributed by atoms with Crippen LogP contribution in [0.3, 0.4) is 0 Å². The van der Waals surface area contributed by atoms with Gasteiger partial charge in [0.1, 0.15) is 11.5 Å².